The molecule has 0 spiro atoms. The van der Waals surface area contributed by atoms with E-state index >= 15 is 0 Å². The van der Waals surface area contributed by atoms with Crippen molar-refractivity contribution in [3.05, 3.63) is 121 Å². The highest BCUT2D eigenvalue weighted by Crippen LogP contribution is 2.30. The summed E-state index contributed by atoms with van der Waals surface area (Å²) >= 11 is 0. The molecular weight excluding hydrogens is 456 g/mol. The minimum Gasteiger partial charge on any atom is -0.373 e. The van der Waals surface area contributed by atoms with Crippen LogP contribution in [0.4, 0.5) is 17.6 Å². The Kier molecular flexibility index (Phi) is 14.5. The van der Waals surface area contributed by atoms with E-state index in [1.165, 1.54) is 12.2 Å². The van der Waals surface area contributed by atoms with Crippen LogP contribution in [0.25, 0.3) is 0 Å². The Morgan fingerprint density at radius 2 is 1.26 bits per heavy atom. The molecule has 0 amide bonds. The molecule has 1 unspecified atom stereocenters. The number of ether oxygens (including phenoxy) is 2. The van der Waals surface area contributed by atoms with Crippen LogP contribution in [0.3, 0.4) is 0 Å². The summed E-state index contributed by atoms with van der Waals surface area (Å²) in [7, 11) is 0. The van der Waals surface area contributed by atoms with Gasteiger partial charge in [-0.25, -0.2) is 17.6 Å². The quantitative estimate of drug-likeness (QED) is 0.0927. The number of hydrogen-bond donors (Lipinski definition) is 0. The van der Waals surface area contributed by atoms with Gasteiger partial charge < -0.3 is 9.47 Å². The predicted octanol–water partition coefficient (Wildman–Crippen LogP) is 8.83. The highest BCUT2D eigenvalue weighted by atomic mass is 19.2. The van der Waals surface area contributed by atoms with Crippen LogP contribution < -0.4 is 0 Å². The van der Waals surface area contributed by atoms with Crippen LogP contribution in [0.1, 0.15) is 27.7 Å². The normalized spacial score (nSPS) is 14.1. The van der Waals surface area contributed by atoms with Crippen molar-refractivity contribution in [1.82, 2.24) is 0 Å². The average Bonchev–Trinajstić information content (AvgIpc) is 2.84. The van der Waals surface area contributed by atoms with Crippen molar-refractivity contribution < 1.29 is 27.0 Å². The van der Waals surface area contributed by atoms with Gasteiger partial charge in [-0.05, 0) is 30.9 Å². The zero-order chi connectivity index (χ0) is 27.3. The van der Waals surface area contributed by atoms with E-state index in [1.54, 1.807) is 26.0 Å². The van der Waals surface area contributed by atoms with Crippen LogP contribution >= 0.6 is 0 Å². The Morgan fingerprint density at radius 3 is 1.71 bits per heavy atom. The number of allylic oxidation sites excluding steroid dienone is 9. The van der Waals surface area contributed by atoms with Crippen molar-refractivity contribution >= 4 is 0 Å². The standard InChI is InChI=1S/C29H36F4O2/c1-11-12-15-34-17-21(6)26(30)27(31)22(7)19(4)13-14-20(5)23(8)28(32)29(33)24(9)25(10)35-16-18(2)3/h11-14,18,25H,4-9,15-17H2,1-3,10H3/b12-11-,14-13-,27-26-,29-28-. The second-order valence-electron chi connectivity index (χ2n) is 8.18. The van der Waals surface area contributed by atoms with Crippen LogP contribution in [0, 0.1) is 5.92 Å². The lowest BCUT2D eigenvalue weighted by atomic mass is 10.0. The van der Waals surface area contributed by atoms with Crippen LogP contribution in [-0.4, -0.2) is 25.9 Å². The van der Waals surface area contributed by atoms with Gasteiger partial charge in [0.1, 0.15) is 0 Å². The maximum Gasteiger partial charge on any atom is 0.166 e. The molecule has 0 aromatic rings. The molecule has 0 aliphatic carbocycles. The molecule has 1 atom stereocenters. The van der Waals surface area contributed by atoms with Gasteiger partial charge in [0.05, 0.1) is 19.3 Å². The first-order valence-electron chi connectivity index (χ1n) is 11.0. The number of rotatable bonds is 16. The van der Waals surface area contributed by atoms with Crippen LogP contribution in [0.2, 0.25) is 0 Å². The Hall–Kier alpha value is -2.96. The van der Waals surface area contributed by atoms with E-state index in [-0.39, 0.29) is 52.6 Å². The highest BCUT2D eigenvalue weighted by Gasteiger charge is 2.20. The molecule has 2 nitrogen and oxygen atoms in total. The molecule has 0 aromatic carbocycles. The first kappa shape index (κ1) is 32.0. The Morgan fingerprint density at radius 1 is 0.771 bits per heavy atom. The van der Waals surface area contributed by atoms with Gasteiger partial charge in [0.15, 0.2) is 23.3 Å². The van der Waals surface area contributed by atoms with Gasteiger partial charge in [-0.3, -0.25) is 0 Å². The molecule has 0 bridgehead atoms. The second-order valence-corrected chi connectivity index (χ2v) is 8.18. The molecule has 35 heavy (non-hydrogen) atoms. The summed E-state index contributed by atoms with van der Waals surface area (Å²) in [6, 6.07) is 0. The first-order valence-corrected chi connectivity index (χ1v) is 11.0. The van der Waals surface area contributed by atoms with Gasteiger partial charge in [-0.1, -0.05) is 77.6 Å². The van der Waals surface area contributed by atoms with E-state index in [0.29, 0.717) is 6.61 Å². The van der Waals surface area contributed by atoms with Gasteiger partial charge in [-0.2, -0.15) is 0 Å². The minimum absolute atomic E-state index is 0.0122. The molecule has 0 saturated heterocycles. The number of halogens is 4. The van der Waals surface area contributed by atoms with Crippen molar-refractivity contribution in [2.75, 3.05) is 19.8 Å². The number of hydrogen-bond acceptors (Lipinski definition) is 2. The molecule has 0 N–H and O–H groups in total. The summed E-state index contributed by atoms with van der Waals surface area (Å²) in [4.78, 5) is 0. The first-order chi connectivity index (χ1) is 16.3. The van der Waals surface area contributed by atoms with Crippen molar-refractivity contribution in [2.45, 2.75) is 33.8 Å². The fraction of sp³-hybridized carbons (Fsp3) is 0.310. The third-order valence-corrected chi connectivity index (χ3v) is 4.66. The molecule has 0 aromatic heterocycles. The summed E-state index contributed by atoms with van der Waals surface area (Å²) in [6.45, 7) is 28.9. The van der Waals surface area contributed by atoms with Gasteiger partial charge >= 0.3 is 0 Å². The van der Waals surface area contributed by atoms with Crippen molar-refractivity contribution in [3.8, 4) is 0 Å². The summed E-state index contributed by atoms with van der Waals surface area (Å²) in [5, 5.41) is 0. The third kappa shape index (κ3) is 10.9. The Bertz CT molecular complexity index is 975. The van der Waals surface area contributed by atoms with Gasteiger partial charge in [0.25, 0.3) is 0 Å². The molecule has 6 heteroatoms. The highest BCUT2D eigenvalue weighted by molar-refractivity contribution is 5.54. The predicted molar refractivity (Wildman–Crippen MR) is 138 cm³/mol. The summed E-state index contributed by atoms with van der Waals surface area (Å²) in [5.74, 6) is -4.70. The minimum atomic E-state index is -1.26. The van der Waals surface area contributed by atoms with Gasteiger partial charge in [0, 0.05) is 28.9 Å². The second kappa shape index (κ2) is 15.8. The molecular formula is C29H36F4O2. The van der Waals surface area contributed by atoms with E-state index in [9.17, 15) is 17.6 Å². The largest absolute Gasteiger partial charge is 0.373 e. The van der Waals surface area contributed by atoms with E-state index in [4.69, 9.17) is 9.47 Å². The van der Waals surface area contributed by atoms with E-state index in [2.05, 4.69) is 39.5 Å². The zero-order valence-corrected chi connectivity index (χ0v) is 21.2. The summed E-state index contributed by atoms with van der Waals surface area (Å²) < 4.78 is 68.5. The maximum absolute atomic E-state index is 14.6. The average molecular weight is 493 g/mol. The molecule has 192 valence electrons. The maximum atomic E-state index is 14.6. The molecule has 0 rings (SSSR count). The fourth-order valence-corrected chi connectivity index (χ4v) is 2.27. The molecule has 0 aliphatic rings. The SMILES string of the molecule is C=C(/C=C\C(=C)C(=C)/C(F)=C(/F)C(=C)C(C)OCC(C)C)C(=C)/C(F)=C(/F)C(=C)COC/C=C\C. The molecule has 0 fully saturated rings. The van der Waals surface area contributed by atoms with Crippen molar-refractivity contribution in [1.29, 1.82) is 0 Å². The van der Waals surface area contributed by atoms with E-state index in [1.807, 2.05) is 13.8 Å². The van der Waals surface area contributed by atoms with E-state index in [0.717, 1.165) is 0 Å². The molecule has 0 aliphatic heterocycles. The molecule has 0 saturated carbocycles. The monoisotopic (exact) mass is 492 g/mol. The lowest BCUT2D eigenvalue weighted by molar-refractivity contribution is 0.0690. The van der Waals surface area contributed by atoms with Crippen LogP contribution in [-0.2, 0) is 9.47 Å². The Labute approximate surface area is 207 Å². The van der Waals surface area contributed by atoms with E-state index < -0.39 is 29.4 Å². The smallest absolute Gasteiger partial charge is 0.166 e. The van der Waals surface area contributed by atoms with Crippen LogP contribution in [0.15, 0.2) is 121 Å². The fourth-order valence-electron chi connectivity index (χ4n) is 2.27. The Balaban J connectivity index is 5.30. The summed E-state index contributed by atoms with van der Waals surface area (Å²) in [5.41, 5.74) is -1.09. The molecule has 0 radical (unpaired) electrons. The molecule has 0 heterocycles. The van der Waals surface area contributed by atoms with Gasteiger partial charge in [-0.15, -0.1) is 0 Å². The lowest BCUT2D eigenvalue weighted by Gasteiger charge is -2.17. The zero-order valence-electron chi connectivity index (χ0n) is 21.2. The van der Waals surface area contributed by atoms with Crippen molar-refractivity contribution in [3.63, 3.8) is 0 Å². The topological polar surface area (TPSA) is 18.5 Å². The summed E-state index contributed by atoms with van der Waals surface area (Å²) in [6.07, 6.45) is 5.20. The van der Waals surface area contributed by atoms with Crippen LogP contribution in [0.5, 0.6) is 0 Å². The van der Waals surface area contributed by atoms with Crippen molar-refractivity contribution in [2.24, 2.45) is 5.92 Å². The van der Waals surface area contributed by atoms with Gasteiger partial charge in [0.2, 0.25) is 0 Å². The lowest BCUT2D eigenvalue weighted by Crippen LogP contribution is -2.15. The third-order valence-electron chi connectivity index (χ3n) is 4.66.